The number of nitrogens with zero attached hydrogens (tertiary/aromatic N) is 3. The summed E-state index contributed by atoms with van der Waals surface area (Å²) in [5, 5.41) is 12.2. The maximum absolute atomic E-state index is 8.72. The van der Waals surface area contributed by atoms with Gasteiger partial charge in [0.15, 0.2) is 0 Å². The zero-order valence-corrected chi connectivity index (χ0v) is 8.94. The minimum Gasteiger partial charge on any atom is -0.353 e. The highest BCUT2D eigenvalue weighted by atomic mass is 35.5. The van der Waals surface area contributed by atoms with Gasteiger partial charge in [0.1, 0.15) is 12.4 Å². The van der Waals surface area contributed by atoms with Gasteiger partial charge in [-0.05, 0) is 18.2 Å². The molecule has 0 saturated carbocycles. The Bertz CT molecular complexity index is 533. The van der Waals surface area contributed by atoms with Crippen LogP contribution in [0.5, 0.6) is 0 Å². The van der Waals surface area contributed by atoms with Gasteiger partial charge in [-0.2, -0.15) is 5.26 Å². The molecule has 0 aliphatic carbocycles. The van der Waals surface area contributed by atoms with Crippen LogP contribution < -0.4 is 5.32 Å². The normalized spacial score (nSPS) is 9.50. The van der Waals surface area contributed by atoms with Crippen LogP contribution >= 0.6 is 11.6 Å². The van der Waals surface area contributed by atoms with Crippen molar-refractivity contribution in [3.8, 4) is 6.07 Å². The minimum absolute atomic E-state index is 0.421. The van der Waals surface area contributed by atoms with Crippen molar-refractivity contribution < 1.29 is 0 Å². The van der Waals surface area contributed by atoms with Crippen LogP contribution in [0.2, 0.25) is 5.02 Å². The highest BCUT2D eigenvalue weighted by Gasteiger charge is 2.01. The third kappa shape index (κ3) is 2.27. The lowest BCUT2D eigenvalue weighted by Gasteiger charge is -2.05. The molecule has 0 bridgehead atoms. The molecule has 0 fully saturated rings. The Morgan fingerprint density at radius 1 is 1.19 bits per heavy atom. The molecule has 4 nitrogen and oxygen atoms in total. The summed E-state index contributed by atoms with van der Waals surface area (Å²) < 4.78 is 0. The van der Waals surface area contributed by atoms with Gasteiger partial charge in [0.05, 0.1) is 28.7 Å². The van der Waals surface area contributed by atoms with Crippen LogP contribution in [0.15, 0.2) is 36.9 Å². The summed E-state index contributed by atoms with van der Waals surface area (Å²) in [7, 11) is 0. The Balaban J connectivity index is 2.24. The van der Waals surface area contributed by atoms with Gasteiger partial charge < -0.3 is 5.32 Å². The lowest BCUT2D eigenvalue weighted by molar-refractivity contribution is 1.17. The van der Waals surface area contributed by atoms with Crippen LogP contribution in [-0.4, -0.2) is 9.97 Å². The van der Waals surface area contributed by atoms with E-state index in [0.717, 1.165) is 11.4 Å². The molecule has 0 spiro atoms. The summed E-state index contributed by atoms with van der Waals surface area (Å²) in [6, 6.07) is 7.13. The van der Waals surface area contributed by atoms with Crippen molar-refractivity contribution in [3.05, 3.63) is 47.5 Å². The maximum Gasteiger partial charge on any atom is 0.115 e. The van der Waals surface area contributed by atoms with Crippen LogP contribution in [-0.2, 0) is 0 Å². The van der Waals surface area contributed by atoms with Gasteiger partial charge in [-0.25, -0.2) is 9.97 Å². The van der Waals surface area contributed by atoms with Gasteiger partial charge >= 0.3 is 0 Å². The van der Waals surface area contributed by atoms with Crippen LogP contribution in [0.25, 0.3) is 0 Å². The molecular weight excluding hydrogens is 224 g/mol. The second-order valence-corrected chi connectivity index (χ2v) is 3.47. The zero-order chi connectivity index (χ0) is 11.4. The Kier molecular flexibility index (Phi) is 2.99. The first kappa shape index (κ1) is 10.4. The molecule has 2 rings (SSSR count). The molecule has 1 aromatic carbocycles. The van der Waals surface area contributed by atoms with Crippen LogP contribution in [0.3, 0.4) is 0 Å². The molecule has 5 heteroatoms. The topological polar surface area (TPSA) is 61.6 Å². The molecule has 1 N–H and O–H groups in total. The fourth-order valence-corrected chi connectivity index (χ4v) is 1.44. The Hall–Kier alpha value is -2.12. The number of nitrogens with one attached hydrogen (secondary N) is 1. The van der Waals surface area contributed by atoms with E-state index < -0.39 is 0 Å². The van der Waals surface area contributed by atoms with E-state index in [-0.39, 0.29) is 0 Å². The third-order valence-electron chi connectivity index (χ3n) is 1.94. The number of aromatic nitrogens is 2. The van der Waals surface area contributed by atoms with Gasteiger partial charge in [0.2, 0.25) is 0 Å². The highest BCUT2D eigenvalue weighted by Crippen LogP contribution is 2.22. The van der Waals surface area contributed by atoms with Crippen molar-refractivity contribution in [3.63, 3.8) is 0 Å². The molecule has 1 heterocycles. The number of hydrogen-bond donors (Lipinski definition) is 1. The number of nitriles is 1. The van der Waals surface area contributed by atoms with Gasteiger partial charge in [0.25, 0.3) is 0 Å². The van der Waals surface area contributed by atoms with Crippen molar-refractivity contribution >= 4 is 23.0 Å². The minimum atomic E-state index is 0.421. The average molecular weight is 231 g/mol. The summed E-state index contributed by atoms with van der Waals surface area (Å²) in [6.07, 6.45) is 4.76. The first-order valence-corrected chi connectivity index (χ1v) is 4.89. The summed E-state index contributed by atoms with van der Waals surface area (Å²) >= 11 is 5.90. The van der Waals surface area contributed by atoms with Gasteiger partial charge in [-0.1, -0.05) is 11.6 Å². The maximum atomic E-state index is 8.72. The van der Waals surface area contributed by atoms with Crippen molar-refractivity contribution in [1.29, 1.82) is 5.26 Å². The Morgan fingerprint density at radius 2 is 1.94 bits per heavy atom. The lowest BCUT2D eigenvalue weighted by Crippen LogP contribution is -1.92. The first-order valence-electron chi connectivity index (χ1n) is 4.51. The number of anilines is 2. The number of hydrogen-bond acceptors (Lipinski definition) is 4. The fourth-order valence-electron chi connectivity index (χ4n) is 1.21. The quantitative estimate of drug-likeness (QED) is 0.862. The van der Waals surface area contributed by atoms with Crippen molar-refractivity contribution in [2.75, 3.05) is 5.32 Å². The third-order valence-corrected chi connectivity index (χ3v) is 2.25. The molecule has 0 saturated heterocycles. The molecule has 16 heavy (non-hydrogen) atoms. The van der Waals surface area contributed by atoms with E-state index in [0.29, 0.717) is 10.6 Å². The molecule has 78 valence electrons. The number of benzene rings is 1. The zero-order valence-electron chi connectivity index (χ0n) is 8.18. The molecule has 2 aromatic rings. The Labute approximate surface area is 97.5 Å². The lowest BCUT2D eigenvalue weighted by atomic mass is 10.2. The summed E-state index contributed by atoms with van der Waals surface area (Å²) in [6.45, 7) is 0. The van der Waals surface area contributed by atoms with E-state index in [2.05, 4.69) is 15.3 Å². The summed E-state index contributed by atoms with van der Waals surface area (Å²) in [4.78, 5) is 7.76. The SMILES string of the molecule is N#Cc1ccc(Nc2cncnc2)cc1Cl. The summed E-state index contributed by atoms with van der Waals surface area (Å²) in [5.41, 5.74) is 2.01. The molecule has 0 aliphatic heterocycles. The number of rotatable bonds is 2. The van der Waals surface area contributed by atoms with E-state index in [1.807, 2.05) is 6.07 Å². The van der Waals surface area contributed by atoms with E-state index in [1.54, 1.807) is 30.6 Å². The standard InChI is InChI=1S/C11H7ClN4/c12-11-3-9(2-1-8(11)4-13)16-10-5-14-7-15-6-10/h1-3,5-7,16H. The predicted molar refractivity (Wildman–Crippen MR) is 61.5 cm³/mol. The van der Waals surface area contributed by atoms with Crippen LogP contribution in [0.4, 0.5) is 11.4 Å². The monoisotopic (exact) mass is 230 g/mol. The second kappa shape index (κ2) is 4.60. The molecule has 0 aliphatic rings. The van der Waals surface area contributed by atoms with E-state index in [9.17, 15) is 0 Å². The van der Waals surface area contributed by atoms with Crippen LogP contribution in [0, 0.1) is 11.3 Å². The average Bonchev–Trinajstić information content (AvgIpc) is 2.31. The molecule has 0 radical (unpaired) electrons. The number of halogens is 1. The molecule has 0 unspecified atom stereocenters. The van der Waals surface area contributed by atoms with Crippen molar-refractivity contribution in [2.45, 2.75) is 0 Å². The first-order chi connectivity index (χ1) is 7.79. The van der Waals surface area contributed by atoms with Gasteiger partial charge in [-0.3, -0.25) is 0 Å². The second-order valence-electron chi connectivity index (χ2n) is 3.06. The van der Waals surface area contributed by atoms with E-state index >= 15 is 0 Å². The van der Waals surface area contributed by atoms with Crippen LogP contribution in [0.1, 0.15) is 5.56 Å². The van der Waals surface area contributed by atoms with Gasteiger partial charge in [0, 0.05) is 5.69 Å². The van der Waals surface area contributed by atoms with Gasteiger partial charge in [-0.15, -0.1) is 0 Å². The summed E-state index contributed by atoms with van der Waals surface area (Å²) in [5.74, 6) is 0. The van der Waals surface area contributed by atoms with E-state index in [1.165, 1.54) is 6.33 Å². The Morgan fingerprint density at radius 3 is 2.56 bits per heavy atom. The molecular formula is C11H7ClN4. The predicted octanol–water partition coefficient (Wildman–Crippen LogP) is 2.75. The van der Waals surface area contributed by atoms with Crippen molar-refractivity contribution in [2.24, 2.45) is 0 Å². The molecule has 0 atom stereocenters. The fraction of sp³-hybridized carbons (Fsp3) is 0. The van der Waals surface area contributed by atoms with E-state index in [4.69, 9.17) is 16.9 Å². The highest BCUT2D eigenvalue weighted by molar-refractivity contribution is 6.32. The van der Waals surface area contributed by atoms with Crippen molar-refractivity contribution in [1.82, 2.24) is 9.97 Å². The molecule has 1 aromatic heterocycles. The smallest absolute Gasteiger partial charge is 0.115 e. The molecule has 0 amide bonds. The largest absolute Gasteiger partial charge is 0.353 e.